The van der Waals surface area contributed by atoms with Crippen LogP contribution in [0.3, 0.4) is 0 Å². The molecule has 1 rings (SSSR count). The molecular formula is C12H20N2O4. The van der Waals surface area contributed by atoms with E-state index in [-0.39, 0.29) is 31.2 Å². The van der Waals surface area contributed by atoms with Crippen LogP contribution < -0.4 is 5.32 Å². The molecule has 2 amide bonds. The molecule has 18 heavy (non-hydrogen) atoms. The Morgan fingerprint density at radius 1 is 1.50 bits per heavy atom. The first-order valence-corrected chi connectivity index (χ1v) is 6.20. The van der Waals surface area contributed by atoms with Crippen LogP contribution in [0.15, 0.2) is 0 Å². The second-order valence-corrected chi connectivity index (χ2v) is 4.95. The maximum atomic E-state index is 11.6. The van der Waals surface area contributed by atoms with E-state index in [4.69, 9.17) is 5.11 Å². The van der Waals surface area contributed by atoms with E-state index in [9.17, 15) is 14.4 Å². The molecule has 0 aromatic rings. The molecule has 0 radical (unpaired) electrons. The van der Waals surface area contributed by atoms with Crippen molar-refractivity contribution in [3.05, 3.63) is 0 Å². The highest BCUT2D eigenvalue weighted by Crippen LogP contribution is 2.18. The van der Waals surface area contributed by atoms with E-state index in [0.29, 0.717) is 12.5 Å². The lowest BCUT2D eigenvalue weighted by Gasteiger charge is -2.20. The monoisotopic (exact) mass is 256 g/mol. The summed E-state index contributed by atoms with van der Waals surface area (Å²) in [6.07, 6.45) is 1.35. The molecule has 1 unspecified atom stereocenters. The molecule has 1 aliphatic heterocycles. The zero-order chi connectivity index (χ0) is 13.7. The number of carboxylic acids is 1. The van der Waals surface area contributed by atoms with Gasteiger partial charge in [-0.3, -0.25) is 9.59 Å². The van der Waals surface area contributed by atoms with E-state index in [2.05, 4.69) is 19.2 Å². The Bertz CT molecular complexity index is 341. The van der Waals surface area contributed by atoms with Crippen molar-refractivity contribution in [3.8, 4) is 0 Å². The van der Waals surface area contributed by atoms with Gasteiger partial charge in [0.15, 0.2) is 0 Å². The molecule has 0 aromatic heterocycles. The fourth-order valence-corrected chi connectivity index (χ4v) is 1.90. The first-order valence-electron chi connectivity index (χ1n) is 6.20. The number of likely N-dealkylation sites (tertiary alicyclic amines) is 1. The summed E-state index contributed by atoms with van der Waals surface area (Å²) in [5.41, 5.74) is 0. The molecule has 0 saturated carbocycles. The molecule has 1 fully saturated rings. The van der Waals surface area contributed by atoms with E-state index in [0.717, 1.165) is 11.3 Å². The van der Waals surface area contributed by atoms with Crippen LogP contribution in [0.25, 0.3) is 0 Å². The van der Waals surface area contributed by atoms with E-state index >= 15 is 0 Å². The smallest absolute Gasteiger partial charge is 0.326 e. The fraction of sp³-hybridized carbons (Fsp3) is 0.750. The maximum absolute atomic E-state index is 11.6. The summed E-state index contributed by atoms with van der Waals surface area (Å²) in [4.78, 5) is 35.1. The molecule has 6 heteroatoms. The summed E-state index contributed by atoms with van der Waals surface area (Å²) in [5, 5.41) is 11.6. The molecule has 1 heterocycles. The molecular weight excluding hydrogens is 236 g/mol. The van der Waals surface area contributed by atoms with E-state index in [1.165, 1.54) is 0 Å². The Balaban J connectivity index is 2.42. The number of rotatable bonds is 6. The van der Waals surface area contributed by atoms with Gasteiger partial charge in [0, 0.05) is 13.0 Å². The number of hydrogen-bond donors (Lipinski definition) is 2. The second-order valence-electron chi connectivity index (χ2n) is 4.95. The third kappa shape index (κ3) is 4.01. The number of amides is 2. The molecule has 2 N–H and O–H groups in total. The Morgan fingerprint density at radius 2 is 2.17 bits per heavy atom. The SMILES string of the molecule is CC(C)CCNC(=O)CN1C(=O)CCC1C(=O)O. The molecule has 1 saturated heterocycles. The molecule has 1 aliphatic rings. The Labute approximate surface area is 106 Å². The van der Waals surface area contributed by atoms with Crippen molar-refractivity contribution in [1.82, 2.24) is 10.2 Å². The van der Waals surface area contributed by atoms with Gasteiger partial charge in [-0.25, -0.2) is 4.79 Å². The first kappa shape index (κ1) is 14.5. The van der Waals surface area contributed by atoms with Crippen LogP contribution in [-0.2, 0) is 14.4 Å². The summed E-state index contributed by atoms with van der Waals surface area (Å²) in [6.45, 7) is 4.50. The molecule has 0 aromatic carbocycles. The molecule has 102 valence electrons. The van der Waals surface area contributed by atoms with Gasteiger partial charge in [-0.1, -0.05) is 13.8 Å². The highest BCUT2D eigenvalue weighted by Gasteiger charge is 2.36. The van der Waals surface area contributed by atoms with Gasteiger partial charge in [-0.15, -0.1) is 0 Å². The van der Waals surface area contributed by atoms with Gasteiger partial charge in [0.1, 0.15) is 12.6 Å². The third-order valence-electron chi connectivity index (χ3n) is 2.97. The van der Waals surface area contributed by atoms with Gasteiger partial charge in [-0.05, 0) is 18.8 Å². The van der Waals surface area contributed by atoms with Gasteiger partial charge < -0.3 is 15.3 Å². The van der Waals surface area contributed by atoms with Gasteiger partial charge in [0.2, 0.25) is 11.8 Å². The van der Waals surface area contributed by atoms with Crippen molar-refractivity contribution in [2.24, 2.45) is 5.92 Å². The largest absolute Gasteiger partial charge is 0.480 e. The lowest BCUT2D eigenvalue weighted by molar-refractivity contribution is -0.147. The summed E-state index contributed by atoms with van der Waals surface area (Å²) in [6, 6.07) is -0.853. The van der Waals surface area contributed by atoms with Crippen molar-refractivity contribution >= 4 is 17.8 Å². The molecule has 0 bridgehead atoms. The minimum absolute atomic E-state index is 0.159. The quantitative estimate of drug-likeness (QED) is 0.712. The average molecular weight is 256 g/mol. The van der Waals surface area contributed by atoms with Crippen molar-refractivity contribution in [2.75, 3.05) is 13.1 Å². The molecule has 0 aliphatic carbocycles. The van der Waals surface area contributed by atoms with Crippen LogP contribution in [0.2, 0.25) is 0 Å². The standard InChI is InChI=1S/C12H20N2O4/c1-8(2)5-6-13-10(15)7-14-9(12(17)18)3-4-11(14)16/h8-9H,3-7H2,1-2H3,(H,13,15)(H,17,18). The lowest BCUT2D eigenvalue weighted by Crippen LogP contribution is -2.45. The zero-order valence-electron chi connectivity index (χ0n) is 10.8. The predicted molar refractivity (Wildman–Crippen MR) is 64.8 cm³/mol. The maximum Gasteiger partial charge on any atom is 0.326 e. The summed E-state index contributed by atoms with van der Waals surface area (Å²) < 4.78 is 0. The zero-order valence-corrected chi connectivity index (χ0v) is 10.8. The minimum atomic E-state index is -1.05. The number of hydrogen-bond acceptors (Lipinski definition) is 3. The van der Waals surface area contributed by atoms with Crippen molar-refractivity contribution in [3.63, 3.8) is 0 Å². The first-order chi connectivity index (χ1) is 8.41. The average Bonchev–Trinajstić information content (AvgIpc) is 2.60. The Morgan fingerprint density at radius 3 is 2.72 bits per heavy atom. The molecule has 1 atom stereocenters. The number of carbonyl (C=O) groups excluding carboxylic acids is 2. The van der Waals surface area contributed by atoms with Crippen molar-refractivity contribution in [2.45, 2.75) is 39.2 Å². The normalized spacial score (nSPS) is 19.4. The molecule has 6 nitrogen and oxygen atoms in total. The van der Waals surface area contributed by atoms with Gasteiger partial charge >= 0.3 is 5.97 Å². The second kappa shape index (κ2) is 6.37. The van der Waals surface area contributed by atoms with E-state index in [1.807, 2.05) is 0 Å². The Hall–Kier alpha value is -1.59. The van der Waals surface area contributed by atoms with E-state index < -0.39 is 12.0 Å². The van der Waals surface area contributed by atoms with Crippen molar-refractivity contribution in [1.29, 1.82) is 0 Å². The van der Waals surface area contributed by atoms with Crippen LogP contribution in [0.4, 0.5) is 0 Å². The van der Waals surface area contributed by atoms with Crippen LogP contribution in [-0.4, -0.2) is 46.9 Å². The van der Waals surface area contributed by atoms with Crippen LogP contribution in [0.5, 0.6) is 0 Å². The van der Waals surface area contributed by atoms with Gasteiger partial charge in [0.25, 0.3) is 0 Å². The van der Waals surface area contributed by atoms with E-state index in [1.54, 1.807) is 0 Å². The minimum Gasteiger partial charge on any atom is -0.480 e. The van der Waals surface area contributed by atoms with Gasteiger partial charge in [-0.2, -0.15) is 0 Å². The van der Waals surface area contributed by atoms with Crippen LogP contribution >= 0.6 is 0 Å². The number of aliphatic carboxylic acids is 1. The highest BCUT2D eigenvalue weighted by atomic mass is 16.4. The van der Waals surface area contributed by atoms with Crippen LogP contribution in [0, 0.1) is 5.92 Å². The summed E-state index contributed by atoms with van der Waals surface area (Å²) in [5.74, 6) is -1.11. The number of nitrogens with one attached hydrogen (secondary N) is 1. The number of nitrogens with zero attached hydrogens (tertiary/aromatic N) is 1. The van der Waals surface area contributed by atoms with Gasteiger partial charge in [0.05, 0.1) is 0 Å². The predicted octanol–water partition coefficient (Wildman–Crippen LogP) is 0.224. The fourth-order valence-electron chi connectivity index (χ4n) is 1.90. The van der Waals surface area contributed by atoms with Crippen LogP contribution in [0.1, 0.15) is 33.1 Å². The lowest BCUT2D eigenvalue weighted by atomic mass is 10.1. The third-order valence-corrected chi connectivity index (χ3v) is 2.97. The summed E-state index contributed by atoms with van der Waals surface area (Å²) in [7, 11) is 0. The summed E-state index contributed by atoms with van der Waals surface area (Å²) >= 11 is 0. The highest BCUT2D eigenvalue weighted by molar-refractivity contribution is 5.91. The van der Waals surface area contributed by atoms with Crippen molar-refractivity contribution < 1.29 is 19.5 Å². The number of carboxylic acid groups (broad SMARTS) is 1. The molecule has 0 spiro atoms. The Kier molecular flexibility index (Phi) is 5.12. The number of carbonyl (C=O) groups is 3. The topological polar surface area (TPSA) is 86.7 Å².